The molecule has 0 aromatic rings. The first-order chi connectivity index (χ1) is 26.0. The largest absolute Gasteiger partial charge is 0.756 e. The molecule has 0 saturated heterocycles. The van der Waals surface area contributed by atoms with E-state index in [0.29, 0.717) is 17.4 Å². The summed E-state index contributed by atoms with van der Waals surface area (Å²) in [5.41, 5.74) is 0. The van der Waals surface area contributed by atoms with Gasteiger partial charge in [0, 0.05) is 12.8 Å². The second kappa shape index (κ2) is 37.1. The molecule has 0 aromatic heterocycles. The topological polar surface area (TPSA) is 111 Å². The van der Waals surface area contributed by atoms with Crippen LogP contribution >= 0.6 is 7.82 Å². The molecule has 0 spiro atoms. The zero-order valence-corrected chi connectivity index (χ0v) is 36.6. The predicted molar refractivity (Wildman–Crippen MR) is 222 cm³/mol. The lowest BCUT2D eigenvalue weighted by atomic mass is 10.1. The number of phosphoric ester groups is 1. The van der Waals surface area contributed by atoms with Crippen molar-refractivity contribution in [2.45, 2.75) is 200 Å². The lowest BCUT2D eigenvalue weighted by Gasteiger charge is -2.28. The van der Waals surface area contributed by atoms with E-state index >= 15 is 0 Å². The number of hydrogen-bond donors (Lipinski definition) is 0. The van der Waals surface area contributed by atoms with Gasteiger partial charge in [-0.15, -0.1) is 0 Å². The third kappa shape index (κ3) is 40.2. The quantitative estimate of drug-likeness (QED) is 0.0198. The van der Waals surface area contributed by atoms with Gasteiger partial charge in [0.15, 0.2) is 6.10 Å². The number of nitrogens with zero attached hydrogens (tertiary/aromatic N) is 1. The van der Waals surface area contributed by atoms with E-state index in [2.05, 4.69) is 38.2 Å². The number of hydrogen-bond acceptors (Lipinski definition) is 8. The second-order valence-electron chi connectivity index (χ2n) is 16.1. The van der Waals surface area contributed by atoms with Gasteiger partial charge in [-0.05, 0) is 64.2 Å². The van der Waals surface area contributed by atoms with Crippen molar-refractivity contribution in [3.63, 3.8) is 0 Å². The minimum absolute atomic E-state index is 0.0331. The Kier molecular flexibility index (Phi) is 36.1. The van der Waals surface area contributed by atoms with E-state index in [4.69, 9.17) is 18.5 Å². The van der Waals surface area contributed by atoms with E-state index in [-0.39, 0.29) is 26.1 Å². The summed E-state index contributed by atoms with van der Waals surface area (Å²) in [4.78, 5) is 37.5. The summed E-state index contributed by atoms with van der Waals surface area (Å²) in [6.45, 7) is 4.20. The molecule has 0 radical (unpaired) electrons. The summed E-state index contributed by atoms with van der Waals surface area (Å²) in [6, 6.07) is 0. The van der Waals surface area contributed by atoms with Crippen LogP contribution in [0.5, 0.6) is 0 Å². The van der Waals surface area contributed by atoms with Crippen LogP contribution in [-0.2, 0) is 32.7 Å². The SMILES string of the molecule is CCCCCCCC/C=C/CCCCCCCCCC(=O)OC[C@H](COP(=O)([O-])OCC[N+](C)(C)C)OC(=O)CCCCC/C=C/CCCCCCCC. The van der Waals surface area contributed by atoms with E-state index < -0.39 is 32.5 Å². The minimum atomic E-state index is -4.62. The minimum Gasteiger partial charge on any atom is -0.756 e. The highest BCUT2D eigenvalue weighted by atomic mass is 31.2. The number of unbranched alkanes of at least 4 members (excludes halogenated alkanes) is 22. The number of phosphoric acid groups is 1. The zero-order valence-electron chi connectivity index (χ0n) is 35.7. The van der Waals surface area contributed by atoms with Gasteiger partial charge in [0.05, 0.1) is 27.7 Å². The molecule has 0 aliphatic carbocycles. The van der Waals surface area contributed by atoms with E-state index in [9.17, 15) is 19.0 Å². The Hall–Kier alpha value is -1.51. The number of quaternary nitrogens is 1. The summed E-state index contributed by atoms with van der Waals surface area (Å²) < 4.78 is 33.9. The van der Waals surface area contributed by atoms with Gasteiger partial charge in [-0.25, -0.2) is 0 Å². The number of rotatable bonds is 40. The normalized spacial score (nSPS) is 13.8. The number of carbonyl (C=O) groups is 2. The summed E-state index contributed by atoms with van der Waals surface area (Å²) in [5, 5.41) is 0. The van der Waals surface area contributed by atoms with Crippen molar-refractivity contribution in [1.29, 1.82) is 0 Å². The van der Waals surface area contributed by atoms with Crippen molar-refractivity contribution in [3.05, 3.63) is 24.3 Å². The van der Waals surface area contributed by atoms with Gasteiger partial charge in [-0.3, -0.25) is 14.2 Å². The number of likely N-dealkylation sites (N-methyl/N-ethyl adjacent to an activating group) is 1. The van der Waals surface area contributed by atoms with Crippen LogP contribution in [0.2, 0.25) is 0 Å². The molecule has 9 nitrogen and oxygen atoms in total. The highest BCUT2D eigenvalue weighted by Crippen LogP contribution is 2.38. The van der Waals surface area contributed by atoms with Gasteiger partial charge in [0.25, 0.3) is 7.82 Å². The van der Waals surface area contributed by atoms with Gasteiger partial charge in [-0.1, -0.05) is 141 Å². The summed E-state index contributed by atoms with van der Waals surface area (Å²) in [7, 11) is 1.16. The Morgan fingerprint density at radius 1 is 0.556 bits per heavy atom. The standard InChI is InChI=1S/C44H84NO8P/c1-6-8-10-12-14-16-18-20-21-22-23-25-26-28-30-32-34-36-43(46)50-40-42(41-52-54(48,49)51-39-38-45(3,4)5)53-44(47)37-35-33-31-29-27-24-19-17-15-13-11-9-7-2/h20-21,24,27,42H,6-19,22-23,25-26,28-41H2,1-5H3/b21-20+,27-24+/t42-/m1/s1. The molecule has 0 aliphatic heterocycles. The van der Waals surface area contributed by atoms with E-state index in [1.807, 2.05) is 21.1 Å². The molecule has 2 atom stereocenters. The third-order valence-corrected chi connectivity index (χ3v) is 10.4. The molecule has 0 fully saturated rings. The summed E-state index contributed by atoms with van der Waals surface area (Å²) >= 11 is 0. The zero-order chi connectivity index (χ0) is 40.0. The fourth-order valence-corrected chi connectivity index (χ4v) is 6.67. The monoisotopic (exact) mass is 786 g/mol. The second-order valence-corrected chi connectivity index (χ2v) is 17.5. The third-order valence-electron chi connectivity index (χ3n) is 9.44. The van der Waals surface area contributed by atoms with Crippen molar-refractivity contribution in [1.82, 2.24) is 0 Å². The number of ether oxygens (including phenoxy) is 2. The molecular formula is C44H84NO8P. The molecule has 0 rings (SSSR count). The van der Waals surface area contributed by atoms with Gasteiger partial charge < -0.3 is 27.9 Å². The summed E-state index contributed by atoms with van der Waals surface area (Å²) in [6.07, 6.45) is 39.1. The number of allylic oxidation sites excluding steroid dienone is 4. The average molecular weight is 786 g/mol. The molecule has 0 N–H and O–H groups in total. The first-order valence-electron chi connectivity index (χ1n) is 22.0. The molecular weight excluding hydrogens is 701 g/mol. The molecule has 10 heteroatoms. The van der Waals surface area contributed by atoms with Crippen LogP contribution in [0, 0.1) is 0 Å². The predicted octanol–water partition coefficient (Wildman–Crippen LogP) is 11.7. The molecule has 0 saturated carbocycles. The first kappa shape index (κ1) is 52.5. The highest BCUT2D eigenvalue weighted by Gasteiger charge is 2.21. The first-order valence-corrected chi connectivity index (χ1v) is 23.5. The maximum absolute atomic E-state index is 12.6. The van der Waals surface area contributed by atoms with Crippen molar-refractivity contribution < 1.29 is 42.1 Å². The molecule has 54 heavy (non-hydrogen) atoms. The summed E-state index contributed by atoms with van der Waals surface area (Å²) in [5.74, 6) is -0.855. The Labute approximate surface area is 332 Å². The smallest absolute Gasteiger partial charge is 0.306 e. The molecule has 0 aliphatic rings. The lowest BCUT2D eigenvalue weighted by molar-refractivity contribution is -0.870. The van der Waals surface area contributed by atoms with E-state index in [0.717, 1.165) is 57.8 Å². The Morgan fingerprint density at radius 2 is 0.944 bits per heavy atom. The average Bonchev–Trinajstić information content (AvgIpc) is 3.12. The molecule has 0 bridgehead atoms. The molecule has 0 amide bonds. The van der Waals surface area contributed by atoms with Crippen LogP contribution < -0.4 is 4.89 Å². The van der Waals surface area contributed by atoms with Crippen molar-refractivity contribution >= 4 is 19.8 Å². The van der Waals surface area contributed by atoms with Gasteiger partial charge >= 0.3 is 11.9 Å². The van der Waals surface area contributed by atoms with E-state index in [1.165, 1.54) is 103 Å². The maximum Gasteiger partial charge on any atom is 0.306 e. The molecule has 0 aromatic carbocycles. The van der Waals surface area contributed by atoms with Crippen molar-refractivity contribution in [2.75, 3.05) is 47.5 Å². The number of esters is 2. The Bertz CT molecular complexity index is 980. The van der Waals surface area contributed by atoms with Crippen LogP contribution in [0.4, 0.5) is 0 Å². The fraction of sp³-hybridized carbons (Fsp3) is 0.864. The van der Waals surface area contributed by atoms with E-state index in [1.54, 1.807) is 0 Å². The van der Waals surface area contributed by atoms with Gasteiger partial charge in [0.2, 0.25) is 0 Å². The Morgan fingerprint density at radius 3 is 1.39 bits per heavy atom. The lowest BCUT2D eigenvalue weighted by Crippen LogP contribution is -2.37. The van der Waals surface area contributed by atoms with Crippen molar-refractivity contribution in [3.8, 4) is 0 Å². The Balaban J connectivity index is 4.36. The van der Waals surface area contributed by atoms with Crippen LogP contribution in [0.3, 0.4) is 0 Å². The maximum atomic E-state index is 12.6. The van der Waals surface area contributed by atoms with Crippen LogP contribution in [0.15, 0.2) is 24.3 Å². The van der Waals surface area contributed by atoms with Crippen molar-refractivity contribution in [2.24, 2.45) is 0 Å². The van der Waals surface area contributed by atoms with Crippen LogP contribution in [0.1, 0.15) is 194 Å². The van der Waals surface area contributed by atoms with Crippen LogP contribution in [-0.4, -0.2) is 70.0 Å². The van der Waals surface area contributed by atoms with Crippen LogP contribution in [0.25, 0.3) is 0 Å². The molecule has 318 valence electrons. The molecule has 0 heterocycles. The number of carbonyl (C=O) groups excluding carboxylic acids is 2. The molecule has 1 unspecified atom stereocenters. The van der Waals surface area contributed by atoms with Gasteiger partial charge in [-0.2, -0.15) is 0 Å². The fourth-order valence-electron chi connectivity index (χ4n) is 5.94. The van der Waals surface area contributed by atoms with Gasteiger partial charge in [0.1, 0.15) is 19.8 Å². The highest BCUT2D eigenvalue weighted by molar-refractivity contribution is 7.45.